The van der Waals surface area contributed by atoms with E-state index in [0.717, 1.165) is 18.7 Å². The maximum Gasteiger partial charge on any atom is 0.269 e. The largest absolute Gasteiger partial charge is 0.392 e. The number of aliphatic hydroxyl groups is 1. The molecule has 0 aliphatic carbocycles. The van der Waals surface area contributed by atoms with Gasteiger partial charge >= 0.3 is 0 Å². The van der Waals surface area contributed by atoms with Crippen LogP contribution in [-0.2, 0) is 6.61 Å². The first-order chi connectivity index (χ1) is 8.51. The zero-order chi connectivity index (χ0) is 13.7. The highest BCUT2D eigenvalue weighted by molar-refractivity contribution is 5.58. The lowest BCUT2D eigenvalue weighted by Crippen LogP contribution is -2.32. The van der Waals surface area contributed by atoms with Gasteiger partial charge in [0.2, 0.25) is 0 Å². The Labute approximate surface area is 107 Å². The molecule has 0 saturated heterocycles. The summed E-state index contributed by atoms with van der Waals surface area (Å²) in [7, 11) is 0. The van der Waals surface area contributed by atoms with E-state index >= 15 is 0 Å². The van der Waals surface area contributed by atoms with Gasteiger partial charge in [-0.15, -0.1) is 0 Å². The van der Waals surface area contributed by atoms with Gasteiger partial charge in [-0.2, -0.15) is 0 Å². The minimum atomic E-state index is -0.442. The summed E-state index contributed by atoms with van der Waals surface area (Å²) in [5.74, 6) is 0. The van der Waals surface area contributed by atoms with Crippen LogP contribution in [0.4, 0.5) is 11.4 Å². The highest BCUT2D eigenvalue weighted by Gasteiger charge is 2.16. The number of aliphatic hydroxyl groups excluding tert-OH is 1. The van der Waals surface area contributed by atoms with Crippen molar-refractivity contribution in [2.24, 2.45) is 0 Å². The molecular weight excluding hydrogens is 232 g/mol. The van der Waals surface area contributed by atoms with Crippen molar-refractivity contribution in [2.75, 3.05) is 11.4 Å². The van der Waals surface area contributed by atoms with E-state index in [9.17, 15) is 15.2 Å². The van der Waals surface area contributed by atoms with E-state index in [1.54, 1.807) is 6.07 Å². The Bertz CT molecular complexity index is 419. The van der Waals surface area contributed by atoms with Crippen molar-refractivity contribution in [2.45, 2.75) is 39.8 Å². The molecule has 0 aliphatic heterocycles. The summed E-state index contributed by atoms with van der Waals surface area (Å²) in [6.07, 6.45) is 0.986. The second-order valence-electron chi connectivity index (χ2n) is 4.52. The van der Waals surface area contributed by atoms with E-state index < -0.39 is 4.92 Å². The molecule has 0 amide bonds. The summed E-state index contributed by atoms with van der Waals surface area (Å²) in [6.45, 7) is 6.89. The van der Waals surface area contributed by atoms with Gasteiger partial charge in [-0.25, -0.2) is 0 Å². The van der Waals surface area contributed by atoms with E-state index in [2.05, 4.69) is 25.7 Å². The Balaban J connectivity index is 3.17. The minimum Gasteiger partial charge on any atom is -0.392 e. The maximum atomic E-state index is 10.7. The second-order valence-corrected chi connectivity index (χ2v) is 4.52. The van der Waals surface area contributed by atoms with Crippen LogP contribution in [0, 0.1) is 10.1 Å². The molecule has 0 aliphatic rings. The topological polar surface area (TPSA) is 66.6 Å². The average Bonchev–Trinajstić information content (AvgIpc) is 2.34. The number of hydrogen-bond acceptors (Lipinski definition) is 4. The van der Waals surface area contributed by atoms with Crippen molar-refractivity contribution >= 4 is 11.4 Å². The van der Waals surface area contributed by atoms with Crippen molar-refractivity contribution in [1.82, 2.24) is 0 Å². The maximum absolute atomic E-state index is 10.7. The SMILES string of the molecule is CCCN(c1ccc([N+](=O)[O-])cc1CO)C(C)C. The van der Waals surface area contributed by atoms with Crippen LogP contribution in [-0.4, -0.2) is 22.6 Å². The van der Waals surface area contributed by atoms with Crippen molar-refractivity contribution in [3.05, 3.63) is 33.9 Å². The Morgan fingerprint density at radius 2 is 2.11 bits per heavy atom. The molecule has 0 aromatic heterocycles. The first-order valence-corrected chi connectivity index (χ1v) is 6.16. The fraction of sp³-hybridized carbons (Fsp3) is 0.538. The Kier molecular flexibility index (Phi) is 5.09. The third-order valence-corrected chi connectivity index (χ3v) is 2.84. The number of nitro groups is 1. The third-order valence-electron chi connectivity index (χ3n) is 2.84. The monoisotopic (exact) mass is 252 g/mol. The molecule has 0 heterocycles. The van der Waals surface area contributed by atoms with Gasteiger partial charge in [-0.3, -0.25) is 10.1 Å². The smallest absolute Gasteiger partial charge is 0.269 e. The van der Waals surface area contributed by atoms with Crippen LogP contribution in [0.2, 0.25) is 0 Å². The lowest BCUT2D eigenvalue weighted by atomic mass is 10.1. The highest BCUT2D eigenvalue weighted by atomic mass is 16.6. The molecule has 0 bridgehead atoms. The summed E-state index contributed by atoms with van der Waals surface area (Å²) in [6, 6.07) is 4.94. The van der Waals surface area contributed by atoms with Crippen LogP contribution in [0.3, 0.4) is 0 Å². The molecule has 0 spiro atoms. The summed E-state index contributed by atoms with van der Waals surface area (Å²) in [5, 5.41) is 20.1. The molecule has 1 aromatic rings. The van der Waals surface area contributed by atoms with Crippen LogP contribution in [0.1, 0.15) is 32.8 Å². The summed E-state index contributed by atoms with van der Waals surface area (Å²) < 4.78 is 0. The standard InChI is InChI=1S/C13H20N2O3/c1-4-7-14(10(2)3)13-6-5-12(15(17)18)8-11(13)9-16/h5-6,8,10,16H,4,7,9H2,1-3H3. The number of nitrogens with zero attached hydrogens (tertiary/aromatic N) is 2. The van der Waals surface area contributed by atoms with Crippen LogP contribution in [0.25, 0.3) is 0 Å². The lowest BCUT2D eigenvalue weighted by Gasteiger charge is -2.30. The number of nitro benzene ring substituents is 1. The first kappa shape index (κ1) is 14.4. The molecule has 1 rings (SSSR count). The van der Waals surface area contributed by atoms with Gasteiger partial charge in [0, 0.05) is 36.0 Å². The molecule has 100 valence electrons. The molecule has 0 unspecified atom stereocenters. The van der Waals surface area contributed by atoms with Crippen molar-refractivity contribution < 1.29 is 10.0 Å². The number of non-ortho nitro benzene ring substituents is 1. The van der Waals surface area contributed by atoms with Gasteiger partial charge in [-0.1, -0.05) is 6.92 Å². The van der Waals surface area contributed by atoms with Crippen LogP contribution < -0.4 is 4.90 Å². The number of anilines is 1. The Morgan fingerprint density at radius 1 is 1.44 bits per heavy atom. The molecule has 5 nitrogen and oxygen atoms in total. The van der Waals surface area contributed by atoms with Gasteiger partial charge in [-0.05, 0) is 26.3 Å². The molecule has 1 aromatic carbocycles. The van der Waals surface area contributed by atoms with Crippen molar-refractivity contribution in [3.63, 3.8) is 0 Å². The second kappa shape index (κ2) is 6.35. The number of hydrogen-bond donors (Lipinski definition) is 1. The summed E-state index contributed by atoms with van der Waals surface area (Å²) in [5.41, 5.74) is 1.49. The van der Waals surface area contributed by atoms with Gasteiger partial charge in [0.1, 0.15) is 0 Å². The molecule has 0 fully saturated rings. The zero-order valence-electron chi connectivity index (χ0n) is 11.1. The Morgan fingerprint density at radius 3 is 2.56 bits per heavy atom. The molecule has 18 heavy (non-hydrogen) atoms. The average molecular weight is 252 g/mol. The molecule has 5 heteroatoms. The van der Waals surface area contributed by atoms with E-state index in [1.165, 1.54) is 12.1 Å². The van der Waals surface area contributed by atoms with E-state index in [1.807, 2.05) is 0 Å². The normalized spacial score (nSPS) is 10.7. The molecule has 1 N–H and O–H groups in total. The number of benzene rings is 1. The first-order valence-electron chi connectivity index (χ1n) is 6.16. The van der Waals surface area contributed by atoms with E-state index in [-0.39, 0.29) is 18.3 Å². The lowest BCUT2D eigenvalue weighted by molar-refractivity contribution is -0.384. The van der Waals surface area contributed by atoms with Crippen LogP contribution in [0.5, 0.6) is 0 Å². The zero-order valence-corrected chi connectivity index (χ0v) is 11.1. The molecule has 0 radical (unpaired) electrons. The van der Waals surface area contributed by atoms with Gasteiger partial charge in [0.05, 0.1) is 11.5 Å². The predicted molar refractivity (Wildman–Crippen MR) is 71.8 cm³/mol. The summed E-state index contributed by atoms with van der Waals surface area (Å²) >= 11 is 0. The summed E-state index contributed by atoms with van der Waals surface area (Å²) in [4.78, 5) is 12.4. The van der Waals surface area contributed by atoms with E-state index in [4.69, 9.17) is 0 Å². The van der Waals surface area contributed by atoms with Crippen LogP contribution >= 0.6 is 0 Å². The molecular formula is C13H20N2O3. The third kappa shape index (κ3) is 3.20. The van der Waals surface area contributed by atoms with Gasteiger partial charge in [0.25, 0.3) is 5.69 Å². The quantitative estimate of drug-likeness (QED) is 0.624. The van der Waals surface area contributed by atoms with E-state index in [0.29, 0.717) is 5.56 Å². The van der Waals surface area contributed by atoms with Crippen molar-refractivity contribution in [1.29, 1.82) is 0 Å². The molecule has 0 atom stereocenters. The Hall–Kier alpha value is -1.62. The predicted octanol–water partition coefficient (Wildman–Crippen LogP) is 2.71. The fourth-order valence-electron chi connectivity index (χ4n) is 1.99. The van der Waals surface area contributed by atoms with Gasteiger partial charge < -0.3 is 10.0 Å². The highest BCUT2D eigenvalue weighted by Crippen LogP contribution is 2.27. The molecule has 0 saturated carbocycles. The van der Waals surface area contributed by atoms with Crippen molar-refractivity contribution in [3.8, 4) is 0 Å². The fourth-order valence-corrected chi connectivity index (χ4v) is 1.99. The van der Waals surface area contributed by atoms with Gasteiger partial charge in [0.15, 0.2) is 0 Å². The minimum absolute atomic E-state index is 0.0167. The van der Waals surface area contributed by atoms with Crippen LogP contribution in [0.15, 0.2) is 18.2 Å². The number of rotatable bonds is 6.